The number of pyridine rings is 1. The number of halogens is 1. The highest BCUT2D eigenvalue weighted by atomic mass is 19.1. The van der Waals surface area contributed by atoms with Gasteiger partial charge in [-0.25, -0.2) is 9.37 Å². The van der Waals surface area contributed by atoms with E-state index in [-0.39, 0.29) is 29.3 Å². The number of hydrogen-bond donors (Lipinski definition) is 1. The molecule has 180 valence electrons. The fraction of sp³-hybridized carbons (Fsp3) is 0.500. The van der Waals surface area contributed by atoms with E-state index < -0.39 is 10.9 Å². The van der Waals surface area contributed by atoms with Crippen LogP contribution in [0.4, 0.5) is 21.6 Å². The Hall–Kier alpha value is -3.27. The van der Waals surface area contributed by atoms with E-state index >= 15 is 0 Å². The molecule has 0 bridgehead atoms. The van der Waals surface area contributed by atoms with Crippen LogP contribution < -0.4 is 9.80 Å². The number of benzene rings is 1. The summed E-state index contributed by atoms with van der Waals surface area (Å²) in [6.45, 7) is 3.52. The van der Waals surface area contributed by atoms with Gasteiger partial charge in [0.25, 0.3) is 0 Å². The van der Waals surface area contributed by atoms with E-state index in [0.29, 0.717) is 57.3 Å². The third kappa shape index (κ3) is 4.06. The summed E-state index contributed by atoms with van der Waals surface area (Å²) in [4.78, 5) is 31.1. The lowest BCUT2D eigenvalue weighted by molar-refractivity contribution is -0.384. The van der Waals surface area contributed by atoms with Crippen LogP contribution in [0.2, 0.25) is 0 Å². The van der Waals surface area contributed by atoms with Gasteiger partial charge in [0.1, 0.15) is 23.5 Å². The highest BCUT2D eigenvalue weighted by Gasteiger charge is 2.46. The third-order valence-corrected chi connectivity index (χ3v) is 7.53. The largest absolute Gasteiger partial charge is 0.481 e. The van der Waals surface area contributed by atoms with Crippen LogP contribution in [-0.4, -0.2) is 60.4 Å². The Labute approximate surface area is 196 Å². The van der Waals surface area contributed by atoms with Gasteiger partial charge in [0.05, 0.1) is 24.6 Å². The molecule has 0 radical (unpaired) electrons. The average Bonchev–Trinajstić information content (AvgIpc) is 3.11. The van der Waals surface area contributed by atoms with Crippen LogP contribution in [0.1, 0.15) is 42.7 Å². The molecule has 0 amide bonds. The molecule has 1 atom stereocenters. The van der Waals surface area contributed by atoms with Crippen LogP contribution >= 0.6 is 0 Å². The molecule has 0 saturated carbocycles. The van der Waals surface area contributed by atoms with Gasteiger partial charge in [-0.1, -0.05) is 6.07 Å². The number of ether oxygens (including phenoxy) is 1. The molecule has 9 nitrogen and oxygen atoms in total. The third-order valence-electron chi connectivity index (χ3n) is 7.53. The summed E-state index contributed by atoms with van der Waals surface area (Å²) in [6, 6.07) is 6.52. The maximum atomic E-state index is 14.2. The predicted molar refractivity (Wildman–Crippen MR) is 123 cm³/mol. The van der Waals surface area contributed by atoms with Crippen molar-refractivity contribution in [2.45, 2.75) is 37.0 Å². The number of fused-ring (bicyclic) bond motifs is 2. The second-order valence-corrected chi connectivity index (χ2v) is 9.39. The summed E-state index contributed by atoms with van der Waals surface area (Å²) in [7, 11) is 0. The second kappa shape index (κ2) is 8.83. The van der Waals surface area contributed by atoms with Crippen LogP contribution in [0.5, 0.6) is 0 Å². The van der Waals surface area contributed by atoms with Gasteiger partial charge in [-0.15, -0.1) is 0 Å². The van der Waals surface area contributed by atoms with Crippen molar-refractivity contribution in [2.24, 2.45) is 0 Å². The zero-order chi connectivity index (χ0) is 23.9. The number of aromatic nitrogens is 1. The summed E-state index contributed by atoms with van der Waals surface area (Å²) in [5, 5.41) is 21.0. The van der Waals surface area contributed by atoms with Crippen molar-refractivity contribution in [3.05, 3.63) is 57.5 Å². The summed E-state index contributed by atoms with van der Waals surface area (Å²) >= 11 is 0. The van der Waals surface area contributed by atoms with E-state index in [1.807, 2.05) is 4.90 Å². The smallest absolute Gasteiger partial charge is 0.310 e. The molecule has 3 aliphatic rings. The standard InChI is InChI=1S/C24H27FN4O5/c25-17-1-2-18-16(11-23(30)31)14-24(19(18)12-17)3-5-28(6-4-24)22-13-20(21(15-26-22)29(32)33)27-7-9-34-10-8-27/h1-2,12-13,15-16H,3-11,14H2,(H,30,31). The number of piperidine rings is 1. The van der Waals surface area contributed by atoms with Crippen LogP contribution in [0.15, 0.2) is 30.5 Å². The van der Waals surface area contributed by atoms with Crippen molar-refractivity contribution >= 4 is 23.2 Å². The number of nitro groups is 1. The lowest BCUT2D eigenvalue weighted by atomic mass is 9.73. The minimum atomic E-state index is -0.847. The molecule has 1 aromatic carbocycles. The Morgan fingerprint density at radius 1 is 1.21 bits per heavy atom. The lowest BCUT2D eigenvalue weighted by Gasteiger charge is -2.41. The van der Waals surface area contributed by atoms with E-state index in [4.69, 9.17) is 4.74 Å². The zero-order valence-corrected chi connectivity index (χ0v) is 18.8. The molecule has 2 aliphatic heterocycles. The van der Waals surface area contributed by atoms with Crippen LogP contribution in [-0.2, 0) is 14.9 Å². The normalized spacial score (nSPS) is 21.5. The molecule has 3 heterocycles. The Morgan fingerprint density at radius 3 is 2.62 bits per heavy atom. The predicted octanol–water partition coefficient (Wildman–Crippen LogP) is 3.47. The van der Waals surface area contributed by atoms with Crippen molar-refractivity contribution in [3.8, 4) is 0 Å². The van der Waals surface area contributed by atoms with Gasteiger partial charge in [-0.3, -0.25) is 14.9 Å². The van der Waals surface area contributed by atoms with E-state index in [0.717, 1.165) is 24.0 Å². The number of aliphatic carboxylic acids is 1. The van der Waals surface area contributed by atoms with Crippen molar-refractivity contribution in [2.75, 3.05) is 49.2 Å². The molecule has 34 heavy (non-hydrogen) atoms. The number of carbonyl (C=O) groups is 1. The Morgan fingerprint density at radius 2 is 1.94 bits per heavy atom. The second-order valence-electron chi connectivity index (χ2n) is 9.39. The van der Waals surface area contributed by atoms with Gasteiger partial charge in [0.15, 0.2) is 0 Å². The van der Waals surface area contributed by atoms with E-state index in [1.54, 1.807) is 18.2 Å². The monoisotopic (exact) mass is 470 g/mol. The van der Waals surface area contributed by atoms with Crippen molar-refractivity contribution in [3.63, 3.8) is 0 Å². The maximum absolute atomic E-state index is 14.2. The number of carboxylic acids is 1. The molecule has 2 fully saturated rings. The number of hydrogen-bond acceptors (Lipinski definition) is 7. The van der Waals surface area contributed by atoms with Crippen LogP contribution in [0.3, 0.4) is 0 Å². The molecule has 2 aromatic rings. The zero-order valence-electron chi connectivity index (χ0n) is 18.8. The highest BCUT2D eigenvalue weighted by molar-refractivity contribution is 5.69. The fourth-order valence-electron chi connectivity index (χ4n) is 5.86. The Bertz CT molecular complexity index is 1110. The van der Waals surface area contributed by atoms with Gasteiger partial charge >= 0.3 is 11.7 Å². The van der Waals surface area contributed by atoms with Gasteiger partial charge in [0.2, 0.25) is 0 Å². The topological polar surface area (TPSA) is 109 Å². The first kappa shape index (κ1) is 22.5. The summed E-state index contributed by atoms with van der Waals surface area (Å²) in [5.74, 6) is -0.587. The molecule has 1 N–H and O–H groups in total. The van der Waals surface area contributed by atoms with Crippen LogP contribution in [0, 0.1) is 15.9 Å². The van der Waals surface area contributed by atoms with Gasteiger partial charge < -0.3 is 19.6 Å². The fourth-order valence-corrected chi connectivity index (χ4v) is 5.86. The molecular weight excluding hydrogens is 443 g/mol. The lowest BCUT2D eigenvalue weighted by Crippen LogP contribution is -2.42. The average molecular weight is 471 g/mol. The highest BCUT2D eigenvalue weighted by Crippen LogP contribution is 2.53. The van der Waals surface area contributed by atoms with Gasteiger partial charge in [-0.05, 0) is 53.9 Å². The van der Waals surface area contributed by atoms with Crippen molar-refractivity contribution < 1.29 is 24.0 Å². The molecule has 2 saturated heterocycles. The molecule has 1 aromatic heterocycles. The summed E-state index contributed by atoms with van der Waals surface area (Å²) < 4.78 is 19.5. The first-order valence-electron chi connectivity index (χ1n) is 11.6. The maximum Gasteiger partial charge on any atom is 0.310 e. The van der Waals surface area contributed by atoms with Crippen molar-refractivity contribution in [1.29, 1.82) is 0 Å². The number of morpholine rings is 1. The minimum absolute atomic E-state index is 0.0177. The summed E-state index contributed by atoms with van der Waals surface area (Å²) in [6.07, 6.45) is 3.54. The molecule has 5 rings (SSSR count). The van der Waals surface area contributed by atoms with Gasteiger partial charge in [-0.2, -0.15) is 0 Å². The van der Waals surface area contributed by atoms with E-state index in [1.165, 1.54) is 12.3 Å². The molecule has 1 spiro atoms. The van der Waals surface area contributed by atoms with E-state index in [2.05, 4.69) is 9.88 Å². The molecule has 10 heteroatoms. The molecular formula is C24H27FN4O5. The van der Waals surface area contributed by atoms with E-state index in [9.17, 15) is 24.4 Å². The Kier molecular flexibility index (Phi) is 5.85. The Balaban J connectivity index is 1.39. The number of carboxylic acid groups (broad SMARTS) is 1. The molecule has 1 unspecified atom stereocenters. The van der Waals surface area contributed by atoms with Gasteiger partial charge in [0, 0.05) is 32.2 Å². The minimum Gasteiger partial charge on any atom is -0.481 e. The first-order valence-corrected chi connectivity index (χ1v) is 11.6. The van der Waals surface area contributed by atoms with Crippen molar-refractivity contribution in [1.82, 2.24) is 4.98 Å². The molecule has 1 aliphatic carbocycles. The number of rotatable bonds is 5. The first-order chi connectivity index (χ1) is 16.4. The quantitative estimate of drug-likeness (QED) is 0.523. The number of anilines is 2. The summed E-state index contributed by atoms with van der Waals surface area (Å²) in [5.41, 5.74) is 2.15. The van der Waals surface area contributed by atoms with Crippen LogP contribution in [0.25, 0.3) is 0 Å². The SMILES string of the molecule is O=C(O)CC1CC2(CCN(c3cc(N4CCOCC4)c([N+](=O)[O-])cn3)CC2)c2cc(F)ccc21. The number of nitrogens with zero attached hydrogens (tertiary/aromatic N) is 4.